The topological polar surface area (TPSA) is 41.1 Å². The Balaban J connectivity index is 1.88. The molecule has 0 aliphatic rings. The molecule has 2 aromatic rings. The lowest BCUT2D eigenvalue weighted by Gasteiger charge is -2.08. The van der Waals surface area contributed by atoms with Gasteiger partial charge in [0.1, 0.15) is 0 Å². The van der Waals surface area contributed by atoms with Crippen LogP contribution in [0, 0.1) is 0 Å². The van der Waals surface area contributed by atoms with Crippen molar-refractivity contribution in [1.29, 1.82) is 0 Å². The number of nitrogens with one attached hydrogen (secondary N) is 2. The summed E-state index contributed by atoms with van der Waals surface area (Å²) in [5, 5.41) is 6.15. The van der Waals surface area contributed by atoms with E-state index in [0.29, 0.717) is 11.6 Å². The van der Waals surface area contributed by atoms with Crippen molar-refractivity contribution in [1.82, 2.24) is 5.32 Å². The Kier molecular flexibility index (Phi) is 4.82. The number of halogens is 2. The second kappa shape index (κ2) is 6.59. The molecule has 0 spiro atoms. The Morgan fingerprint density at radius 2 is 1.79 bits per heavy atom. The molecule has 0 saturated carbocycles. The van der Waals surface area contributed by atoms with Gasteiger partial charge in [-0.3, -0.25) is 0 Å². The van der Waals surface area contributed by atoms with Crippen LogP contribution in [0.25, 0.3) is 0 Å². The van der Waals surface area contributed by atoms with E-state index in [1.165, 1.54) is 0 Å². The van der Waals surface area contributed by atoms with Gasteiger partial charge in [-0.25, -0.2) is 4.79 Å². The maximum Gasteiger partial charge on any atom is 0.319 e. The van der Waals surface area contributed by atoms with Gasteiger partial charge in [-0.15, -0.1) is 0 Å². The Morgan fingerprint density at radius 1 is 1.11 bits per heavy atom. The molecular formula is C14H12BrClN2O. The van der Waals surface area contributed by atoms with E-state index in [-0.39, 0.29) is 6.03 Å². The van der Waals surface area contributed by atoms with Gasteiger partial charge in [0.15, 0.2) is 0 Å². The molecule has 0 aliphatic heterocycles. The van der Waals surface area contributed by atoms with Crippen LogP contribution in [-0.2, 0) is 6.54 Å². The zero-order valence-electron chi connectivity index (χ0n) is 9.99. The van der Waals surface area contributed by atoms with E-state index in [4.69, 9.17) is 11.6 Å². The molecule has 2 aromatic carbocycles. The predicted molar refractivity (Wildman–Crippen MR) is 81.5 cm³/mol. The summed E-state index contributed by atoms with van der Waals surface area (Å²) >= 11 is 9.35. The molecule has 19 heavy (non-hydrogen) atoms. The molecule has 3 nitrogen and oxygen atoms in total. The number of benzene rings is 2. The minimum absolute atomic E-state index is 0.262. The lowest BCUT2D eigenvalue weighted by Crippen LogP contribution is -2.28. The Labute approximate surface area is 125 Å². The quantitative estimate of drug-likeness (QED) is 0.853. The normalized spacial score (nSPS) is 10.0. The molecule has 2 N–H and O–H groups in total. The van der Waals surface area contributed by atoms with Gasteiger partial charge in [0, 0.05) is 21.7 Å². The van der Waals surface area contributed by atoms with Crippen molar-refractivity contribution in [3.63, 3.8) is 0 Å². The van der Waals surface area contributed by atoms with Crippen LogP contribution >= 0.6 is 27.5 Å². The van der Waals surface area contributed by atoms with E-state index >= 15 is 0 Å². The van der Waals surface area contributed by atoms with Crippen molar-refractivity contribution in [2.75, 3.05) is 5.32 Å². The minimum atomic E-state index is -0.262. The van der Waals surface area contributed by atoms with Crippen LogP contribution in [-0.4, -0.2) is 6.03 Å². The fourth-order valence-electron chi connectivity index (χ4n) is 1.53. The number of hydrogen-bond acceptors (Lipinski definition) is 1. The third-order valence-electron chi connectivity index (χ3n) is 2.50. The number of amides is 2. The van der Waals surface area contributed by atoms with Crippen LogP contribution in [0.2, 0.25) is 5.02 Å². The van der Waals surface area contributed by atoms with Crippen molar-refractivity contribution >= 4 is 39.2 Å². The van der Waals surface area contributed by atoms with E-state index in [2.05, 4.69) is 26.6 Å². The van der Waals surface area contributed by atoms with E-state index in [1.807, 2.05) is 42.5 Å². The molecule has 0 aromatic heterocycles. The van der Waals surface area contributed by atoms with E-state index < -0.39 is 0 Å². The minimum Gasteiger partial charge on any atom is -0.334 e. The molecule has 5 heteroatoms. The number of rotatable bonds is 3. The molecule has 98 valence electrons. The average Bonchev–Trinajstić information content (AvgIpc) is 2.40. The average molecular weight is 340 g/mol. The largest absolute Gasteiger partial charge is 0.334 e. The van der Waals surface area contributed by atoms with E-state index in [1.54, 1.807) is 6.07 Å². The van der Waals surface area contributed by atoms with Crippen LogP contribution < -0.4 is 10.6 Å². The predicted octanol–water partition coefficient (Wildman–Crippen LogP) is 4.42. The summed E-state index contributed by atoms with van der Waals surface area (Å²) < 4.78 is 0.967. The number of urea groups is 1. The number of anilines is 1. The summed E-state index contributed by atoms with van der Waals surface area (Å²) in [7, 11) is 0. The second-order valence-electron chi connectivity index (χ2n) is 3.91. The summed E-state index contributed by atoms with van der Waals surface area (Å²) in [4.78, 5) is 11.7. The molecule has 0 atom stereocenters. The maximum absolute atomic E-state index is 11.7. The lowest BCUT2D eigenvalue weighted by atomic mass is 10.2. The third-order valence-corrected chi connectivity index (χ3v) is 3.40. The van der Waals surface area contributed by atoms with E-state index in [0.717, 1.165) is 15.7 Å². The highest BCUT2D eigenvalue weighted by molar-refractivity contribution is 9.10. The summed E-state index contributed by atoms with van der Waals surface area (Å²) in [6, 6.07) is 14.5. The van der Waals surface area contributed by atoms with Gasteiger partial charge >= 0.3 is 6.03 Å². The maximum atomic E-state index is 11.7. The molecule has 2 rings (SSSR count). The first-order chi connectivity index (χ1) is 9.15. The second-order valence-corrected chi connectivity index (χ2v) is 5.23. The first-order valence-corrected chi connectivity index (χ1v) is 6.86. The highest BCUT2D eigenvalue weighted by Gasteiger charge is 2.03. The molecule has 0 fully saturated rings. The smallest absolute Gasteiger partial charge is 0.319 e. The van der Waals surface area contributed by atoms with Gasteiger partial charge in [0.05, 0.1) is 0 Å². The number of carbonyl (C=O) groups excluding carboxylic acids is 1. The molecule has 0 bridgehead atoms. The Hall–Kier alpha value is -1.52. The van der Waals surface area contributed by atoms with Crippen LogP contribution in [0.5, 0.6) is 0 Å². The van der Waals surface area contributed by atoms with Crippen molar-refractivity contribution in [2.24, 2.45) is 0 Å². The molecule has 2 amide bonds. The van der Waals surface area contributed by atoms with E-state index in [9.17, 15) is 4.79 Å². The highest BCUT2D eigenvalue weighted by Crippen LogP contribution is 2.15. The molecule has 0 radical (unpaired) electrons. The Bertz CT molecular complexity index is 572. The molecule has 0 unspecified atom stereocenters. The standard InChI is InChI=1S/C14H12BrClN2O/c15-11-5-7-12(8-6-11)18-14(19)17-9-10-3-1-2-4-13(10)16/h1-8H,9H2,(H2,17,18,19). The number of hydrogen-bond donors (Lipinski definition) is 2. The van der Waals surface area contributed by atoms with Gasteiger partial charge < -0.3 is 10.6 Å². The molecule has 0 saturated heterocycles. The van der Waals surface area contributed by atoms with Gasteiger partial charge in [-0.1, -0.05) is 45.7 Å². The zero-order chi connectivity index (χ0) is 13.7. The lowest BCUT2D eigenvalue weighted by molar-refractivity contribution is 0.252. The van der Waals surface area contributed by atoms with Crippen molar-refractivity contribution in [3.05, 3.63) is 63.6 Å². The van der Waals surface area contributed by atoms with Crippen molar-refractivity contribution in [3.8, 4) is 0 Å². The monoisotopic (exact) mass is 338 g/mol. The summed E-state index contributed by atoms with van der Waals surface area (Å²) in [6.45, 7) is 0.391. The fraction of sp³-hybridized carbons (Fsp3) is 0.0714. The van der Waals surface area contributed by atoms with Gasteiger partial charge in [0.25, 0.3) is 0 Å². The summed E-state index contributed by atoms with van der Waals surface area (Å²) in [6.07, 6.45) is 0. The molecule has 0 heterocycles. The van der Waals surface area contributed by atoms with Gasteiger partial charge in [0.2, 0.25) is 0 Å². The van der Waals surface area contributed by atoms with Crippen LogP contribution in [0.4, 0.5) is 10.5 Å². The number of carbonyl (C=O) groups is 1. The summed E-state index contributed by atoms with van der Waals surface area (Å²) in [5.41, 5.74) is 1.62. The van der Waals surface area contributed by atoms with Crippen LogP contribution in [0.3, 0.4) is 0 Å². The van der Waals surface area contributed by atoms with Crippen LogP contribution in [0.1, 0.15) is 5.56 Å². The highest BCUT2D eigenvalue weighted by atomic mass is 79.9. The third kappa shape index (κ3) is 4.26. The molecular weight excluding hydrogens is 328 g/mol. The molecule has 0 aliphatic carbocycles. The van der Waals surface area contributed by atoms with Gasteiger partial charge in [-0.2, -0.15) is 0 Å². The van der Waals surface area contributed by atoms with Crippen LogP contribution in [0.15, 0.2) is 53.0 Å². The first kappa shape index (κ1) is 13.9. The van der Waals surface area contributed by atoms with Crippen molar-refractivity contribution in [2.45, 2.75) is 6.54 Å². The van der Waals surface area contributed by atoms with Crippen molar-refractivity contribution < 1.29 is 4.79 Å². The zero-order valence-corrected chi connectivity index (χ0v) is 12.3. The SMILES string of the molecule is O=C(NCc1ccccc1Cl)Nc1ccc(Br)cc1. The summed E-state index contributed by atoms with van der Waals surface area (Å²) in [5.74, 6) is 0. The first-order valence-electron chi connectivity index (χ1n) is 5.69. The Morgan fingerprint density at radius 3 is 2.47 bits per heavy atom. The van der Waals surface area contributed by atoms with Gasteiger partial charge in [-0.05, 0) is 35.9 Å². The fourth-order valence-corrected chi connectivity index (χ4v) is 1.99.